The Kier molecular flexibility index (Phi) is 6.21. The fraction of sp³-hybridized carbons (Fsp3) is 0.438. The number of benzene rings is 1. The highest BCUT2D eigenvalue weighted by Gasteiger charge is 2.31. The molecule has 2 aliphatic rings. The second-order valence-electron chi connectivity index (χ2n) is 6.07. The topological polar surface area (TPSA) is 63.1 Å². The van der Waals surface area contributed by atoms with E-state index < -0.39 is 0 Å². The lowest BCUT2D eigenvalue weighted by molar-refractivity contribution is 0.0748. The first-order valence-electron chi connectivity index (χ1n) is 7.80. The molecule has 1 aromatic carbocycles. The van der Waals surface area contributed by atoms with Crippen molar-refractivity contribution in [3.05, 3.63) is 42.5 Å². The highest BCUT2D eigenvalue weighted by Crippen LogP contribution is 2.22. The van der Waals surface area contributed by atoms with Gasteiger partial charge in [-0.05, 0) is 37.5 Å². The Labute approximate surface area is 153 Å². The van der Waals surface area contributed by atoms with Crippen molar-refractivity contribution in [1.82, 2.24) is 25.0 Å². The standard InChI is InChI=1S/C16H19N5O.2ClH/c22-16(20-7-6-13-4-5-14(9-20)19-13)12-2-1-3-15(8-12)21-11-17-10-18-21;;/h1-3,8,10-11,13-14,19H,4-7,9H2;2*1H. The van der Waals surface area contributed by atoms with E-state index in [0.717, 1.165) is 25.2 Å². The second kappa shape index (κ2) is 7.96. The van der Waals surface area contributed by atoms with Crippen LogP contribution < -0.4 is 5.32 Å². The van der Waals surface area contributed by atoms with Crippen LogP contribution in [-0.2, 0) is 0 Å². The Morgan fingerprint density at radius 1 is 1.17 bits per heavy atom. The van der Waals surface area contributed by atoms with Gasteiger partial charge in [0.1, 0.15) is 12.7 Å². The summed E-state index contributed by atoms with van der Waals surface area (Å²) in [5.74, 6) is 0.108. The van der Waals surface area contributed by atoms with Gasteiger partial charge in [-0.15, -0.1) is 24.8 Å². The van der Waals surface area contributed by atoms with Crippen molar-refractivity contribution in [2.75, 3.05) is 13.1 Å². The normalized spacial score (nSPS) is 22.2. The summed E-state index contributed by atoms with van der Waals surface area (Å²) >= 11 is 0. The van der Waals surface area contributed by atoms with Crippen LogP contribution in [0.4, 0.5) is 0 Å². The number of carbonyl (C=O) groups is 1. The number of carbonyl (C=O) groups excluding carboxylic acids is 1. The molecular formula is C16H21Cl2N5O. The molecule has 2 atom stereocenters. The predicted molar refractivity (Wildman–Crippen MR) is 96.3 cm³/mol. The summed E-state index contributed by atoms with van der Waals surface area (Å²) in [5.41, 5.74) is 1.57. The summed E-state index contributed by atoms with van der Waals surface area (Å²) in [6.45, 7) is 1.64. The van der Waals surface area contributed by atoms with E-state index in [2.05, 4.69) is 15.4 Å². The number of amides is 1. The first-order chi connectivity index (χ1) is 10.8. The third kappa shape index (κ3) is 3.71. The zero-order chi connectivity index (χ0) is 14.9. The summed E-state index contributed by atoms with van der Waals surface area (Å²) in [4.78, 5) is 18.7. The van der Waals surface area contributed by atoms with Crippen molar-refractivity contribution in [3.63, 3.8) is 0 Å². The maximum absolute atomic E-state index is 12.8. The van der Waals surface area contributed by atoms with Gasteiger partial charge in [0.05, 0.1) is 5.69 Å². The minimum absolute atomic E-state index is 0. The lowest BCUT2D eigenvalue weighted by atomic mass is 10.1. The Bertz CT molecular complexity index is 679. The molecule has 130 valence electrons. The Morgan fingerprint density at radius 3 is 2.79 bits per heavy atom. The van der Waals surface area contributed by atoms with Crippen LogP contribution in [0.5, 0.6) is 0 Å². The van der Waals surface area contributed by atoms with Crippen molar-refractivity contribution in [1.29, 1.82) is 0 Å². The molecule has 2 aliphatic heterocycles. The van der Waals surface area contributed by atoms with E-state index in [1.807, 2.05) is 29.2 Å². The van der Waals surface area contributed by atoms with Crippen molar-refractivity contribution in [2.45, 2.75) is 31.3 Å². The number of halogens is 2. The zero-order valence-electron chi connectivity index (χ0n) is 13.2. The lowest BCUT2D eigenvalue weighted by Gasteiger charge is -2.24. The van der Waals surface area contributed by atoms with Crippen LogP contribution in [0.3, 0.4) is 0 Å². The molecule has 2 unspecified atom stereocenters. The van der Waals surface area contributed by atoms with Crippen LogP contribution in [0.2, 0.25) is 0 Å². The highest BCUT2D eigenvalue weighted by atomic mass is 35.5. The highest BCUT2D eigenvalue weighted by molar-refractivity contribution is 5.94. The third-order valence-corrected chi connectivity index (χ3v) is 4.59. The Morgan fingerprint density at radius 2 is 2.00 bits per heavy atom. The lowest BCUT2D eigenvalue weighted by Crippen LogP contribution is -2.39. The summed E-state index contributed by atoms with van der Waals surface area (Å²) in [6, 6.07) is 8.62. The molecule has 6 nitrogen and oxygen atoms in total. The minimum Gasteiger partial charge on any atom is -0.337 e. The summed E-state index contributed by atoms with van der Waals surface area (Å²) < 4.78 is 1.67. The maximum Gasteiger partial charge on any atom is 0.253 e. The molecule has 0 saturated carbocycles. The molecule has 0 spiro atoms. The molecule has 2 saturated heterocycles. The maximum atomic E-state index is 12.8. The van der Waals surface area contributed by atoms with Crippen molar-refractivity contribution in [3.8, 4) is 5.69 Å². The minimum atomic E-state index is 0. The van der Waals surface area contributed by atoms with Gasteiger partial charge in [0, 0.05) is 30.7 Å². The van der Waals surface area contributed by atoms with Gasteiger partial charge in [-0.1, -0.05) is 6.07 Å². The number of rotatable bonds is 2. The number of hydrogen-bond donors (Lipinski definition) is 1. The molecule has 2 aromatic rings. The second-order valence-corrected chi connectivity index (χ2v) is 6.07. The van der Waals surface area contributed by atoms with Crippen LogP contribution in [0.25, 0.3) is 5.69 Å². The van der Waals surface area contributed by atoms with E-state index in [1.54, 1.807) is 11.0 Å². The van der Waals surface area contributed by atoms with Gasteiger partial charge >= 0.3 is 0 Å². The molecule has 1 N–H and O–H groups in total. The van der Waals surface area contributed by atoms with E-state index >= 15 is 0 Å². The van der Waals surface area contributed by atoms with E-state index in [4.69, 9.17) is 0 Å². The average Bonchev–Trinajstić information content (AvgIpc) is 3.17. The van der Waals surface area contributed by atoms with Crippen molar-refractivity contribution < 1.29 is 4.79 Å². The molecule has 2 bridgehead atoms. The summed E-state index contributed by atoms with van der Waals surface area (Å²) in [6.07, 6.45) is 6.59. The number of likely N-dealkylation sites (tertiary alicyclic amines) is 1. The monoisotopic (exact) mass is 369 g/mol. The van der Waals surface area contributed by atoms with E-state index in [1.165, 1.54) is 19.2 Å². The molecule has 0 aliphatic carbocycles. The van der Waals surface area contributed by atoms with Crippen LogP contribution in [0.1, 0.15) is 29.6 Å². The molecule has 8 heteroatoms. The van der Waals surface area contributed by atoms with E-state index in [9.17, 15) is 4.79 Å². The summed E-state index contributed by atoms with van der Waals surface area (Å²) in [5, 5.41) is 7.72. The molecular weight excluding hydrogens is 349 g/mol. The van der Waals surface area contributed by atoms with Crippen LogP contribution in [-0.4, -0.2) is 50.7 Å². The number of nitrogens with zero attached hydrogens (tertiary/aromatic N) is 4. The predicted octanol–water partition coefficient (Wildman–Crippen LogP) is 2.08. The van der Waals surface area contributed by atoms with Crippen molar-refractivity contribution >= 4 is 30.7 Å². The third-order valence-electron chi connectivity index (χ3n) is 4.59. The number of aromatic nitrogens is 3. The first kappa shape index (κ1) is 18.7. The number of fused-ring (bicyclic) bond motifs is 2. The van der Waals surface area contributed by atoms with Gasteiger partial charge in [-0.3, -0.25) is 4.79 Å². The molecule has 3 heterocycles. The van der Waals surface area contributed by atoms with E-state index in [0.29, 0.717) is 17.6 Å². The smallest absolute Gasteiger partial charge is 0.253 e. The fourth-order valence-electron chi connectivity index (χ4n) is 3.43. The first-order valence-corrected chi connectivity index (χ1v) is 7.80. The molecule has 1 aromatic heterocycles. The van der Waals surface area contributed by atoms with Gasteiger partial charge < -0.3 is 10.2 Å². The number of nitrogens with one attached hydrogen (secondary N) is 1. The SMILES string of the molecule is Cl.Cl.O=C(c1cccc(-n2cncn2)c1)N1CCC2CCC(C1)N2. The molecule has 24 heavy (non-hydrogen) atoms. The van der Waals surface area contributed by atoms with Gasteiger partial charge in [0.2, 0.25) is 0 Å². The van der Waals surface area contributed by atoms with Gasteiger partial charge in [0.25, 0.3) is 5.91 Å². The quantitative estimate of drug-likeness (QED) is 0.879. The molecule has 0 radical (unpaired) electrons. The Hall–Kier alpha value is -1.63. The average molecular weight is 370 g/mol. The largest absolute Gasteiger partial charge is 0.337 e. The molecule has 1 amide bonds. The van der Waals surface area contributed by atoms with Crippen molar-refractivity contribution in [2.24, 2.45) is 0 Å². The van der Waals surface area contributed by atoms with Gasteiger partial charge in [0.15, 0.2) is 0 Å². The molecule has 4 rings (SSSR count). The fourth-order valence-corrected chi connectivity index (χ4v) is 3.43. The zero-order valence-corrected chi connectivity index (χ0v) is 14.8. The van der Waals surface area contributed by atoms with E-state index in [-0.39, 0.29) is 30.7 Å². The Balaban J connectivity index is 0.00000104. The van der Waals surface area contributed by atoms with Gasteiger partial charge in [-0.25, -0.2) is 9.67 Å². The van der Waals surface area contributed by atoms with Gasteiger partial charge in [-0.2, -0.15) is 5.10 Å². The van der Waals surface area contributed by atoms with Crippen LogP contribution in [0.15, 0.2) is 36.9 Å². The number of hydrogen-bond acceptors (Lipinski definition) is 4. The van der Waals surface area contributed by atoms with Crippen LogP contribution >= 0.6 is 24.8 Å². The van der Waals surface area contributed by atoms with Crippen LogP contribution in [0, 0.1) is 0 Å². The summed E-state index contributed by atoms with van der Waals surface area (Å²) in [7, 11) is 0. The molecule has 2 fully saturated rings.